The lowest BCUT2D eigenvalue weighted by molar-refractivity contribution is -0.131. The molecule has 1 aliphatic heterocycles. The summed E-state index contributed by atoms with van der Waals surface area (Å²) in [5, 5.41) is 1.31. The first-order valence-corrected chi connectivity index (χ1v) is 9.17. The van der Waals surface area contributed by atoms with E-state index in [4.69, 9.17) is 4.74 Å². The third kappa shape index (κ3) is 2.51. The van der Waals surface area contributed by atoms with Crippen LogP contribution < -0.4 is 0 Å². The van der Waals surface area contributed by atoms with Crippen molar-refractivity contribution >= 4 is 16.1 Å². The molecular weight excluding hydrogens is 298 g/mol. The fourth-order valence-corrected chi connectivity index (χ4v) is 5.28. The molecule has 5 heteroatoms. The lowest BCUT2D eigenvalue weighted by atomic mass is 9.57. The van der Waals surface area contributed by atoms with E-state index in [-0.39, 0.29) is 17.6 Å². The number of nitrogens with zero attached hydrogens (tertiary/aromatic N) is 1. The van der Waals surface area contributed by atoms with Gasteiger partial charge in [0.25, 0.3) is 0 Å². The summed E-state index contributed by atoms with van der Waals surface area (Å²) in [5.74, 6) is 0.319. The molecule has 0 N–H and O–H groups in total. The minimum absolute atomic E-state index is 0.00502. The molecule has 3 atom stereocenters. The van der Waals surface area contributed by atoms with Crippen LogP contribution in [-0.2, 0) is 14.8 Å². The molecule has 1 heterocycles. The number of benzene rings is 1. The molecule has 0 amide bonds. The standard InChI is InChI=1S/C17H23NO3S/c1-17(2)15(14-9-11-21-16(14)17)18(3)22(19,20)12-10-13-7-5-4-6-8-13/h4-8,10,12,14-16H,9,11H2,1-3H3/b12-10+/t14-,15+,16+/m1/s1. The summed E-state index contributed by atoms with van der Waals surface area (Å²) >= 11 is 0. The molecule has 1 aromatic carbocycles. The number of ether oxygens (including phenoxy) is 1. The molecular formula is C17H23NO3S. The van der Waals surface area contributed by atoms with Crippen molar-refractivity contribution in [1.82, 2.24) is 4.31 Å². The van der Waals surface area contributed by atoms with Gasteiger partial charge in [-0.05, 0) is 18.1 Å². The Balaban J connectivity index is 1.79. The van der Waals surface area contributed by atoms with Crippen molar-refractivity contribution in [2.75, 3.05) is 13.7 Å². The Morgan fingerprint density at radius 1 is 1.27 bits per heavy atom. The Morgan fingerprint density at radius 2 is 1.95 bits per heavy atom. The third-order valence-corrected chi connectivity index (χ3v) is 6.57. The SMILES string of the molecule is CN([C@H]1[C@H]2CCO[C@@H]2C1(C)C)S(=O)(=O)/C=C/c1ccccc1. The molecule has 1 aromatic rings. The van der Waals surface area contributed by atoms with Crippen molar-refractivity contribution in [3.05, 3.63) is 41.3 Å². The predicted octanol–water partition coefficient (Wildman–Crippen LogP) is 2.73. The van der Waals surface area contributed by atoms with Crippen LogP contribution in [0.1, 0.15) is 25.8 Å². The number of rotatable bonds is 4. The van der Waals surface area contributed by atoms with Crippen LogP contribution in [0.25, 0.3) is 6.08 Å². The first-order valence-electron chi connectivity index (χ1n) is 7.67. The molecule has 1 saturated carbocycles. The minimum atomic E-state index is -3.43. The molecule has 2 aliphatic rings. The average molecular weight is 321 g/mol. The van der Waals surface area contributed by atoms with Crippen molar-refractivity contribution in [3.8, 4) is 0 Å². The summed E-state index contributed by atoms with van der Waals surface area (Å²) in [4.78, 5) is 0. The van der Waals surface area contributed by atoms with Crippen molar-refractivity contribution in [1.29, 1.82) is 0 Å². The molecule has 1 aliphatic carbocycles. The van der Waals surface area contributed by atoms with Crippen LogP contribution in [-0.4, -0.2) is 38.5 Å². The van der Waals surface area contributed by atoms with E-state index in [2.05, 4.69) is 13.8 Å². The topological polar surface area (TPSA) is 46.6 Å². The van der Waals surface area contributed by atoms with Gasteiger partial charge in [-0.15, -0.1) is 0 Å². The zero-order valence-electron chi connectivity index (χ0n) is 13.3. The highest BCUT2D eigenvalue weighted by molar-refractivity contribution is 7.92. The predicted molar refractivity (Wildman–Crippen MR) is 87.6 cm³/mol. The van der Waals surface area contributed by atoms with Crippen LogP contribution in [0, 0.1) is 11.3 Å². The van der Waals surface area contributed by atoms with Gasteiger partial charge in [-0.2, -0.15) is 4.31 Å². The second-order valence-corrected chi connectivity index (χ2v) is 8.66. The quantitative estimate of drug-likeness (QED) is 0.856. The third-order valence-electron chi connectivity index (χ3n) is 5.06. The fraction of sp³-hybridized carbons (Fsp3) is 0.529. The van der Waals surface area contributed by atoms with E-state index in [9.17, 15) is 8.42 Å². The van der Waals surface area contributed by atoms with E-state index in [1.165, 1.54) is 9.71 Å². The summed E-state index contributed by atoms with van der Waals surface area (Å²) in [6.45, 7) is 4.93. The van der Waals surface area contributed by atoms with E-state index in [1.807, 2.05) is 30.3 Å². The maximum absolute atomic E-state index is 12.6. The van der Waals surface area contributed by atoms with E-state index in [0.717, 1.165) is 18.6 Å². The number of sulfonamides is 1. The Kier molecular flexibility index (Phi) is 3.91. The van der Waals surface area contributed by atoms with Crippen LogP contribution in [0.15, 0.2) is 35.7 Å². The van der Waals surface area contributed by atoms with E-state index in [0.29, 0.717) is 5.92 Å². The van der Waals surface area contributed by atoms with E-state index >= 15 is 0 Å². The van der Waals surface area contributed by atoms with E-state index in [1.54, 1.807) is 13.1 Å². The van der Waals surface area contributed by atoms with Gasteiger partial charge in [-0.3, -0.25) is 0 Å². The first-order chi connectivity index (χ1) is 10.3. The van der Waals surface area contributed by atoms with Crippen LogP contribution in [0.4, 0.5) is 0 Å². The van der Waals surface area contributed by atoms with Crippen molar-refractivity contribution in [2.45, 2.75) is 32.4 Å². The number of hydrogen-bond donors (Lipinski definition) is 0. The molecule has 0 spiro atoms. The van der Waals surface area contributed by atoms with Gasteiger partial charge in [0, 0.05) is 36.4 Å². The highest BCUT2D eigenvalue weighted by atomic mass is 32.2. The van der Waals surface area contributed by atoms with Crippen LogP contribution in [0.2, 0.25) is 0 Å². The Bertz CT molecular complexity index is 666. The molecule has 4 nitrogen and oxygen atoms in total. The zero-order chi connectivity index (χ0) is 16.0. The van der Waals surface area contributed by atoms with Gasteiger partial charge in [-0.1, -0.05) is 44.2 Å². The average Bonchev–Trinajstić information content (AvgIpc) is 2.92. The highest BCUT2D eigenvalue weighted by Gasteiger charge is 2.62. The largest absolute Gasteiger partial charge is 0.377 e. The van der Waals surface area contributed by atoms with Gasteiger partial charge in [0.2, 0.25) is 10.0 Å². The molecule has 0 aromatic heterocycles. The van der Waals surface area contributed by atoms with Crippen LogP contribution in [0.3, 0.4) is 0 Å². The van der Waals surface area contributed by atoms with E-state index < -0.39 is 10.0 Å². The summed E-state index contributed by atoms with van der Waals surface area (Å²) < 4.78 is 32.5. The van der Waals surface area contributed by atoms with Gasteiger partial charge in [-0.25, -0.2) is 8.42 Å². The number of fused-ring (bicyclic) bond motifs is 1. The molecule has 1 saturated heterocycles. The van der Waals surface area contributed by atoms with Gasteiger partial charge >= 0.3 is 0 Å². The monoisotopic (exact) mass is 321 g/mol. The normalized spacial score (nSPS) is 30.5. The minimum Gasteiger partial charge on any atom is -0.377 e. The van der Waals surface area contributed by atoms with Crippen LogP contribution in [0.5, 0.6) is 0 Å². The maximum atomic E-state index is 12.6. The zero-order valence-corrected chi connectivity index (χ0v) is 14.1. The molecule has 22 heavy (non-hydrogen) atoms. The second-order valence-electron chi connectivity index (χ2n) is 6.78. The number of hydrogen-bond acceptors (Lipinski definition) is 3. The lowest BCUT2D eigenvalue weighted by Gasteiger charge is -2.57. The Hall–Kier alpha value is -1.17. The van der Waals surface area contributed by atoms with Gasteiger partial charge in [0.15, 0.2) is 0 Å². The van der Waals surface area contributed by atoms with Crippen molar-refractivity contribution in [3.63, 3.8) is 0 Å². The van der Waals surface area contributed by atoms with Gasteiger partial charge in [0.05, 0.1) is 6.10 Å². The second kappa shape index (κ2) is 5.48. The van der Waals surface area contributed by atoms with Gasteiger partial charge in [0.1, 0.15) is 0 Å². The summed E-state index contributed by atoms with van der Waals surface area (Å²) in [6.07, 6.45) is 2.79. The highest BCUT2D eigenvalue weighted by Crippen LogP contribution is 2.54. The maximum Gasteiger partial charge on any atom is 0.236 e. The first kappa shape index (κ1) is 15.7. The van der Waals surface area contributed by atoms with Crippen LogP contribution >= 0.6 is 0 Å². The molecule has 120 valence electrons. The molecule has 0 radical (unpaired) electrons. The van der Waals surface area contributed by atoms with Crippen molar-refractivity contribution in [2.24, 2.45) is 11.3 Å². The smallest absolute Gasteiger partial charge is 0.236 e. The van der Waals surface area contributed by atoms with Gasteiger partial charge < -0.3 is 4.74 Å². The fourth-order valence-electron chi connectivity index (χ4n) is 4.02. The molecule has 0 bridgehead atoms. The summed E-state index contributed by atoms with van der Waals surface area (Å²) in [6, 6.07) is 9.48. The van der Waals surface area contributed by atoms with Crippen molar-refractivity contribution < 1.29 is 13.2 Å². The summed E-state index contributed by atoms with van der Waals surface area (Å²) in [7, 11) is -1.74. The lowest BCUT2D eigenvalue weighted by Crippen LogP contribution is -2.66. The summed E-state index contributed by atoms with van der Waals surface area (Å²) in [5.41, 5.74) is 0.748. The Morgan fingerprint density at radius 3 is 2.64 bits per heavy atom. The molecule has 0 unspecified atom stereocenters. The molecule has 3 rings (SSSR count). The molecule has 2 fully saturated rings. The Labute approximate surface area is 132 Å².